The molecule has 0 saturated carbocycles. The topological polar surface area (TPSA) is 80.1 Å². The average Bonchev–Trinajstić information content (AvgIpc) is 3.15. The normalized spacial score (nSPS) is 12.1. The molecule has 0 aliphatic heterocycles. The van der Waals surface area contributed by atoms with Crippen molar-refractivity contribution in [1.82, 2.24) is 19.7 Å². The Balaban J connectivity index is 1.62. The number of carbonyl (C=O) groups excluding carboxylic acids is 2. The van der Waals surface area contributed by atoms with Crippen LogP contribution in [0, 0.1) is 6.92 Å². The first kappa shape index (κ1) is 24.1. The Morgan fingerprint density at radius 2 is 1.71 bits per heavy atom. The van der Waals surface area contributed by atoms with Crippen molar-refractivity contribution in [2.24, 2.45) is 7.05 Å². The van der Waals surface area contributed by atoms with Crippen LogP contribution in [0.25, 0.3) is 11.0 Å². The Labute approximate surface area is 205 Å². The predicted molar refractivity (Wildman–Crippen MR) is 139 cm³/mol. The molecule has 0 fully saturated rings. The number of hydrogen-bond acceptors (Lipinski definition) is 4. The molecule has 180 valence electrons. The summed E-state index contributed by atoms with van der Waals surface area (Å²) in [6, 6.07) is 18.4. The predicted octanol–water partition coefficient (Wildman–Crippen LogP) is 5.49. The van der Waals surface area contributed by atoms with E-state index < -0.39 is 0 Å². The lowest BCUT2D eigenvalue weighted by atomic mass is 10.0. The molecule has 35 heavy (non-hydrogen) atoms. The number of fused-ring (bicyclic) bond motifs is 1. The van der Waals surface area contributed by atoms with E-state index in [9.17, 15) is 9.59 Å². The van der Waals surface area contributed by atoms with Crippen LogP contribution in [0.5, 0.6) is 0 Å². The lowest BCUT2D eigenvalue weighted by Crippen LogP contribution is -2.30. The molecule has 0 aliphatic carbocycles. The van der Waals surface area contributed by atoms with Gasteiger partial charge in [-0.2, -0.15) is 5.10 Å². The third kappa shape index (κ3) is 4.80. The number of rotatable bonds is 6. The van der Waals surface area contributed by atoms with E-state index in [2.05, 4.69) is 24.3 Å². The van der Waals surface area contributed by atoms with Crippen molar-refractivity contribution in [2.75, 3.05) is 12.4 Å². The summed E-state index contributed by atoms with van der Waals surface area (Å²) >= 11 is 0. The van der Waals surface area contributed by atoms with Gasteiger partial charge < -0.3 is 10.2 Å². The lowest BCUT2D eigenvalue weighted by Gasteiger charge is -2.26. The van der Waals surface area contributed by atoms with Crippen LogP contribution in [0.4, 0.5) is 5.69 Å². The highest BCUT2D eigenvalue weighted by molar-refractivity contribution is 6.07. The Hall–Kier alpha value is -4.00. The molecule has 1 unspecified atom stereocenters. The molecule has 4 rings (SSSR count). The molecule has 7 heteroatoms. The molecule has 0 spiro atoms. The smallest absolute Gasteiger partial charge is 0.255 e. The first-order chi connectivity index (χ1) is 16.7. The molecule has 2 heterocycles. The van der Waals surface area contributed by atoms with Gasteiger partial charge in [-0.1, -0.05) is 44.2 Å². The zero-order chi connectivity index (χ0) is 25.3. The number of amides is 2. The Bertz CT molecular complexity index is 1390. The van der Waals surface area contributed by atoms with E-state index in [1.165, 1.54) is 0 Å². The summed E-state index contributed by atoms with van der Waals surface area (Å²) in [4.78, 5) is 32.8. The number of hydrogen-bond donors (Lipinski definition) is 1. The van der Waals surface area contributed by atoms with Crippen LogP contribution < -0.4 is 5.32 Å². The highest BCUT2D eigenvalue weighted by Gasteiger charge is 2.25. The summed E-state index contributed by atoms with van der Waals surface area (Å²) in [6.45, 7) is 8.01. The lowest BCUT2D eigenvalue weighted by molar-refractivity contribution is 0.0744. The molecule has 0 aliphatic rings. The van der Waals surface area contributed by atoms with Gasteiger partial charge in [-0.05, 0) is 55.7 Å². The summed E-state index contributed by atoms with van der Waals surface area (Å²) in [7, 11) is 3.65. The number of aromatic nitrogens is 3. The van der Waals surface area contributed by atoms with Crippen LogP contribution in [0.2, 0.25) is 0 Å². The summed E-state index contributed by atoms with van der Waals surface area (Å²) in [5.74, 6) is -0.0947. The largest absolute Gasteiger partial charge is 0.335 e. The minimum atomic E-state index is -0.223. The minimum absolute atomic E-state index is 0.0957. The highest BCUT2D eigenvalue weighted by atomic mass is 16.2. The van der Waals surface area contributed by atoms with Crippen LogP contribution >= 0.6 is 0 Å². The second-order valence-electron chi connectivity index (χ2n) is 9.19. The molecule has 0 bridgehead atoms. The van der Waals surface area contributed by atoms with Gasteiger partial charge in [0.1, 0.15) is 0 Å². The average molecular weight is 470 g/mol. The van der Waals surface area contributed by atoms with Crippen molar-refractivity contribution in [2.45, 2.75) is 39.7 Å². The molecule has 0 radical (unpaired) electrons. The summed E-state index contributed by atoms with van der Waals surface area (Å²) < 4.78 is 1.73. The van der Waals surface area contributed by atoms with Gasteiger partial charge in [-0.3, -0.25) is 14.3 Å². The third-order valence-electron chi connectivity index (χ3n) is 6.37. The molecular formula is C28H31N5O2. The summed E-state index contributed by atoms with van der Waals surface area (Å²) in [6.07, 6.45) is 0. The van der Waals surface area contributed by atoms with Gasteiger partial charge in [0.05, 0.1) is 22.7 Å². The van der Waals surface area contributed by atoms with E-state index >= 15 is 0 Å². The second kappa shape index (κ2) is 9.70. The van der Waals surface area contributed by atoms with Crippen LogP contribution in [0.3, 0.4) is 0 Å². The van der Waals surface area contributed by atoms with Crippen LogP contribution in [0.15, 0.2) is 60.7 Å². The summed E-state index contributed by atoms with van der Waals surface area (Å²) in [5.41, 5.74) is 5.14. The van der Waals surface area contributed by atoms with Gasteiger partial charge in [-0.15, -0.1) is 0 Å². The Kier molecular flexibility index (Phi) is 6.69. The summed E-state index contributed by atoms with van der Waals surface area (Å²) in [5, 5.41) is 8.23. The maximum atomic E-state index is 13.7. The van der Waals surface area contributed by atoms with Gasteiger partial charge in [-0.25, -0.2) is 4.98 Å². The highest BCUT2D eigenvalue weighted by Crippen LogP contribution is 2.29. The molecule has 2 aromatic heterocycles. The molecule has 1 N–H and O–H groups in total. The number of carbonyl (C=O) groups is 2. The Morgan fingerprint density at radius 3 is 2.40 bits per heavy atom. The van der Waals surface area contributed by atoms with Crippen molar-refractivity contribution in [3.05, 3.63) is 88.7 Å². The fourth-order valence-electron chi connectivity index (χ4n) is 4.19. The van der Waals surface area contributed by atoms with E-state index in [0.29, 0.717) is 22.5 Å². The maximum Gasteiger partial charge on any atom is 0.255 e. The number of anilines is 1. The van der Waals surface area contributed by atoms with Gasteiger partial charge in [0, 0.05) is 31.0 Å². The zero-order valence-electron chi connectivity index (χ0n) is 21.0. The standard InChI is InChI=1S/C28H31N5O2/c1-17(2)24-16-23(25-18(3)31-33(6)26(25)30-24)28(35)32(5)19(4)21-13-10-14-22(15-21)29-27(34)20-11-8-7-9-12-20/h7-17,19H,1-6H3,(H,29,34). The molecule has 2 aromatic carbocycles. The third-order valence-corrected chi connectivity index (χ3v) is 6.37. The van der Waals surface area contributed by atoms with Crippen molar-refractivity contribution in [3.63, 3.8) is 0 Å². The van der Waals surface area contributed by atoms with E-state index in [1.54, 1.807) is 28.8 Å². The van der Waals surface area contributed by atoms with E-state index in [-0.39, 0.29) is 23.8 Å². The van der Waals surface area contributed by atoms with Crippen molar-refractivity contribution in [3.8, 4) is 0 Å². The zero-order valence-corrected chi connectivity index (χ0v) is 21.0. The monoisotopic (exact) mass is 469 g/mol. The SMILES string of the molecule is Cc1nn(C)c2nc(C(C)C)cc(C(=O)N(C)C(C)c3cccc(NC(=O)c4ccccc4)c3)c12. The van der Waals surface area contributed by atoms with E-state index in [1.807, 2.05) is 69.4 Å². The number of nitrogens with one attached hydrogen (secondary N) is 1. The maximum absolute atomic E-state index is 13.7. The van der Waals surface area contributed by atoms with Crippen molar-refractivity contribution in [1.29, 1.82) is 0 Å². The number of nitrogens with zero attached hydrogens (tertiary/aromatic N) is 4. The van der Waals surface area contributed by atoms with Gasteiger partial charge in [0.2, 0.25) is 0 Å². The van der Waals surface area contributed by atoms with Crippen LogP contribution in [-0.4, -0.2) is 38.5 Å². The first-order valence-electron chi connectivity index (χ1n) is 11.7. The molecule has 2 amide bonds. The first-order valence-corrected chi connectivity index (χ1v) is 11.7. The second-order valence-corrected chi connectivity index (χ2v) is 9.19. The number of benzene rings is 2. The van der Waals surface area contributed by atoms with E-state index in [4.69, 9.17) is 4.98 Å². The van der Waals surface area contributed by atoms with Crippen molar-refractivity contribution >= 4 is 28.5 Å². The minimum Gasteiger partial charge on any atom is -0.335 e. The number of pyridine rings is 1. The van der Waals surface area contributed by atoms with Gasteiger partial charge in [0.15, 0.2) is 5.65 Å². The van der Waals surface area contributed by atoms with Crippen LogP contribution in [-0.2, 0) is 7.05 Å². The van der Waals surface area contributed by atoms with Crippen LogP contribution in [0.1, 0.15) is 70.4 Å². The molecule has 1 atom stereocenters. The fourth-order valence-corrected chi connectivity index (χ4v) is 4.19. The molecule has 4 aromatic rings. The van der Waals surface area contributed by atoms with Gasteiger partial charge in [0.25, 0.3) is 11.8 Å². The van der Waals surface area contributed by atoms with Crippen molar-refractivity contribution < 1.29 is 9.59 Å². The Morgan fingerprint density at radius 1 is 1.00 bits per heavy atom. The van der Waals surface area contributed by atoms with Gasteiger partial charge >= 0.3 is 0 Å². The fraction of sp³-hybridized carbons (Fsp3) is 0.286. The number of aryl methyl sites for hydroxylation is 2. The van der Waals surface area contributed by atoms with E-state index in [0.717, 1.165) is 22.3 Å². The molecular weight excluding hydrogens is 438 g/mol. The molecule has 0 saturated heterocycles. The molecule has 7 nitrogen and oxygen atoms in total. The quantitative estimate of drug-likeness (QED) is 0.405.